The maximum absolute atomic E-state index is 11.8. The molecule has 0 radical (unpaired) electrons. The second-order valence-electron chi connectivity index (χ2n) is 4.13. The van der Waals surface area contributed by atoms with Crippen LogP contribution >= 0.6 is 11.6 Å². The van der Waals surface area contributed by atoms with Gasteiger partial charge in [0, 0.05) is 23.8 Å². The van der Waals surface area contributed by atoms with Crippen LogP contribution in [-0.4, -0.2) is 30.3 Å². The van der Waals surface area contributed by atoms with E-state index in [0.717, 1.165) is 0 Å². The first-order valence-electron chi connectivity index (χ1n) is 6.13. The number of anilines is 1. The van der Waals surface area contributed by atoms with E-state index in [2.05, 4.69) is 5.32 Å². The number of rotatable bonds is 5. The van der Waals surface area contributed by atoms with Crippen molar-refractivity contribution in [2.45, 2.75) is 6.92 Å². The van der Waals surface area contributed by atoms with E-state index in [-0.39, 0.29) is 18.4 Å². The van der Waals surface area contributed by atoms with Crippen LogP contribution in [0, 0.1) is 0 Å². The van der Waals surface area contributed by atoms with Crippen molar-refractivity contribution in [1.82, 2.24) is 4.90 Å². The lowest BCUT2D eigenvalue weighted by atomic mass is 10.3. The number of likely N-dealkylation sites (N-methyl/N-ethyl adjacent to an activating group) is 1. The van der Waals surface area contributed by atoms with E-state index in [4.69, 9.17) is 11.6 Å². The molecule has 106 valence electrons. The van der Waals surface area contributed by atoms with Crippen LogP contribution in [0.2, 0.25) is 5.02 Å². The number of benzene rings is 1. The minimum atomic E-state index is -0.261. The average Bonchev–Trinajstić information content (AvgIpc) is 2.41. The fourth-order valence-electron chi connectivity index (χ4n) is 1.40. The highest BCUT2D eigenvalue weighted by Gasteiger charge is 2.10. The molecule has 2 amide bonds. The SMILES string of the molecule is C/C=C/C=C/C(=O)N(C)CC(=O)Nc1ccc(Cl)cc1. The zero-order valence-corrected chi connectivity index (χ0v) is 12.2. The Morgan fingerprint density at radius 2 is 1.90 bits per heavy atom. The van der Waals surface area contributed by atoms with Crippen molar-refractivity contribution in [3.63, 3.8) is 0 Å². The Morgan fingerprint density at radius 1 is 1.25 bits per heavy atom. The molecule has 1 aromatic rings. The summed E-state index contributed by atoms with van der Waals surface area (Å²) in [5.41, 5.74) is 0.643. The van der Waals surface area contributed by atoms with Gasteiger partial charge in [0.1, 0.15) is 0 Å². The van der Waals surface area contributed by atoms with Crippen molar-refractivity contribution < 1.29 is 9.59 Å². The smallest absolute Gasteiger partial charge is 0.246 e. The van der Waals surface area contributed by atoms with Gasteiger partial charge in [0.15, 0.2) is 0 Å². The lowest BCUT2D eigenvalue weighted by Gasteiger charge is -2.14. The van der Waals surface area contributed by atoms with Crippen molar-refractivity contribution in [2.75, 3.05) is 18.9 Å². The Hall–Kier alpha value is -2.07. The van der Waals surface area contributed by atoms with Gasteiger partial charge in [-0.2, -0.15) is 0 Å². The number of nitrogens with one attached hydrogen (secondary N) is 1. The summed E-state index contributed by atoms with van der Waals surface area (Å²) >= 11 is 5.76. The zero-order valence-electron chi connectivity index (χ0n) is 11.5. The Morgan fingerprint density at radius 3 is 2.50 bits per heavy atom. The second kappa shape index (κ2) is 8.17. The molecule has 0 unspecified atom stereocenters. The molecule has 4 nitrogen and oxygen atoms in total. The number of amides is 2. The average molecular weight is 293 g/mol. The molecule has 0 aliphatic heterocycles. The third-order valence-electron chi connectivity index (χ3n) is 2.43. The van der Waals surface area contributed by atoms with Crippen LogP contribution in [0.5, 0.6) is 0 Å². The van der Waals surface area contributed by atoms with E-state index in [9.17, 15) is 9.59 Å². The maximum Gasteiger partial charge on any atom is 0.246 e. The molecule has 1 rings (SSSR count). The van der Waals surface area contributed by atoms with Crippen molar-refractivity contribution in [2.24, 2.45) is 0 Å². The van der Waals surface area contributed by atoms with Gasteiger partial charge in [0.05, 0.1) is 6.54 Å². The van der Waals surface area contributed by atoms with Gasteiger partial charge >= 0.3 is 0 Å². The fourth-order valence-corrected chi connectivity index (χ4v) is 1.53. The summed E-state index contributed by atoms with van der Waals surface area (Å²) in [5, 5.41) is 3.29. The van der Waals surface area contributed by atoms with Gasteiger partial charge in [-0.1, -0.05) is 29.8 Å². The predicted molar refractivity (Wildman–Crippen MR) is 81.7 cm³/mol. The third-order valence-corrected chi connectivity index (χ3v) is 2.68. The lowest BCUT2D eigenvalue weighted by molar-refractivity contribution is -0.129. The highest BCUT2D eigenvalue weighted by atomic mass is 35.5. The van der Waals surface area contributed by atoms with Crippen molar-refractivity contribution in [1.29, 1.82) is 0 Å². The van der Waals surface area contributed by atoms with Crippen LogP contribution in [0.4, 0.5) is 5.69 Å². The molecule has 0 saturated carbocycles. The molecular formula is C15H17ClN2O2. The minimum Gasteiger partial charge on any atom is -0.333 e. The number of nitrogens with zero attached hydrogens (tertiary/aromatic N) is 1. The van der Waals surface area contributed by atoms with Crippen molar-refractivity contribution >= 4 is 29.1 Å². The van der Waals surface area contributed by atoms with E-state index in [1.807, 2.05) is 13.0 Å². The molecule has 5 heteroatoms. The Kier molecular flexibility index (Phi) is 6.53. The first-order valence-corrected chi connectivity index (χ1v) is 6.50. The summed E-state index contributed by atoms with van der Waals surface area (Å²) < 4.78 is 0. The van der Waals surface area contributed by atoms with Gasteiger partial charge in [-0.15, -0.1) is 0 Å². The lowest BCUT2D eigenvalue weighted by Crippen LogP contribution is -2.33. The van der Waals surface area contributed by atoms with E-state index >= 15 is 0 Å². The highest BCUT2D eigenvalue weighted by molar-refractivity contribution is 6.30. The van der Waals surface area contributed by atoms with Crippen LogP contribution in [-0.2, 0) is 9.59 Å². The van der Waals surface area contributed by atoms with Gasteiger partial charge in [-0.3, -0.25) is 9.59 Å². The topological polar surface area (TPSA) is 49.4 Å². The molecule has 0 atom stereocenters. The van der Waals surface area contributed by atoms with Gasteiger partial charge in [-0.25, -0.2) is 0 Å². The van der Waals surface area contributed by atoms with Gasteiger partial charge in [0.25, 0.3) is 0 Å². The number of hydrogen-bond acceptors (Lipinski definition) is 2. The van der Waals surface area contributed by atoms with Crippen LogP contribution in [0.15, 0.2) is 48.6 Å². The fraction of sp³-hybridized carbons (Fsp3) is 0.200. The van der Waals surface area contributed by atoms with E-state index in [0.29, 0.717) is 10.7 Å². The van der Waals surface area contributed by atoms with Gasteiger partial charge < -0.3 is 10.2 Å². The molecule has 0 heterocycles. The molecule has 0 bridgehead atoms. The second-order valence-corrected chi connectivity index (χ2v) is 4.57. The molecule has 0 aliphatic carbocycles. The monoisotopic (exact) mass is 292 g/mol. The molecule has 1 aromatic carbocycles. The molecular weight excluding hydrogens is 276 g/mol. The number of hydrogen-bond donors (Lipinski definition) is 1. The third kappa shape index (κ3) is 5.71. The molecule has 20 heavy (non-hydrogen) atoms. The van der Waals surface area contributed by atoms with Crippen LogP contribution in [0.25, 0.3) is 0 Å². The molecule has 1 N–H and O–H groups in total. The zero-order chi connectivity index (χ0) is 15.0. The first-order chi connectivity index (χ1) is 9.52. The van der Waals surface area contributed by atoms with Crippen LogP contribution in [0.1, 0.15) is 6.92 Å². The Labute approximate surface area is 123 Å². The van der Waals surface area contributed by atoms with Gasteiger partial charge in [0.2, 0.25) is 11.8 Å². The molecule has 0 saturated heterocycles. The highest BCUT2D eigenvalue weighted by Crippen LogP contribution is 2.13. The van der Waals surface area contributed by atoms with Gasteiger partial charge in [-0.05, 0) is 31.2 Å². The summed E-state index contributed by atoms with van der Waals surface area (Å²) in [4.78, 5) is 24.8. The number of carbonyl (C=O) groups is 2. The number of allylic oxidation sites excluding steroid dienone is 3. The normalized spacial score (nSPS) is 10.9. The minimum absolute atomic E-state index is 0.0123. The number of halogens is 1. The van der Waals surface area contributed by atoms with E-state index in [1.54, 1.807) is 43.5 Å². The Balaban J connectivity index is 2.49. The predicted octanol–water partition coefficient (Wildman–Crippen LogP) is 2.87. The van der Waals surface area contributed by atoms with E-state index in [1.165, 1.54) is 11.0 Å². The van der Waals surface area contributed by atoms with E-state index < -0.39 is 0 Å². The molecule has 0 fully saturated rings. The van der Waals surface area contributed by atoms with Crippen LogP contribution < -0.4 is 5.32 Å². The molecule has 0 spiro atoms. The summed E-state index contributed by atoms with van der Waals surface area (Å²) in [6.45, 7) is 1.85. The Bertz CT molecular complexity index is 521. The standard InChI is InChI=1S/C15H17ClN2O2/c1-3-4-5-6-15(20)18(2)11-14(19)17-13-9-7-12(16)8-10-13/h3-10H,11H2,1-2H3,(H,17,19)/b4-3+,6-5+. The molecule has 0 aromatic heterocycles. The van der Waals surface area contributed by atoms with Crippen LogP contribution in [0.3, 0.4) is 0 Å². The number of carbonyl (C=O) groups excluding carboxylic acids is 2. The molecule has 0 aliphatic rings. The summed E-state index contributed by atoms with van der Waals surface area (Å²) in [5.74, 6) is -0.489. The largest absolute Gasteiger partial charge is 0.333 e. The first kappa shape index (κ1) is 16.0. The quantitative estimate of drug-likeness (QED) is 0.670. The summed E-state index contributed by atoms with van der Waals surface area (Å²) in [6.07, 6.45) is 6.61. The maximum atomic E-state index is 11.8. The summed E-state index contributed by atoms with van der Waals surface area (Å²) in [7, 11) is 1.57. The summed E-state index contributed by atoms with van der Waals surface area (Å²) in [6, 6.07) is 6.78. The van der Waals surface area contributed by atoms with Crippen molar-refractivity contribution in [3.05, 3.63) is 53.6 Å². The van der Waals surface area contributed by atoms with Crippen molar-refractivity contribution in [3.8, 4) is 0 Å².